The number of benzene rings is 2. The fourth-order valence-electron chi connectivity index (χ4n) is 7.82. The van der Waals surface area contributed by atoms with Gasteiger partial charge in [-0.25, -0.2) is 4.79 Å². The predicted molar refractivity (Wildman–Crippen MR) is 179 cm³/mol. The van der Waals surface area contributed by atoms with Crippen molar-refractivity contribution in [1.29, 1.82) is 0 Å². The number of likely N-dealkylation sites (tertiary alicyclic amines) is 1. The number of amides is 1. The average molecular weight is 633 g/mol. The fraction of sp³-hybridized carbons (Fsp3) is 0.571. The molecule has 4 aliphatic heterocycles. The molecule has 7 rings (SSSR count). The number of aromatic nitrogens is 2. The number of anilines is 2. The van der Waals surface area contributed by atoms with Crippen LogP contribution in [0.15, 0.2) is 36.4 Å². The smallest absolute Gasteiger partial charge is 0.410 e. The molecule has 4 atom stereocenters. The highest BCUT2D eigenvalue weighted by Crippen LogP contribution is 2.41. The maximum atomic E-state index is 13.3. The highest BCUT2D eigenvalue weighted by Gasteiger charge is 2.49. The molecule has 240 valence electrons. The highest BCUT2D eigenvalue weighted by molar-refractivity contribution is 6.36. The number of likely N-dealkylation sites (N-methyl/N-ethyl adjacent to an activating group) is 1. The van der Waals surface area contributed by atoms with E-state index in [9.17, 15) is 4.79 Å². The monoisotopic (exact) mass is 632 g/mol. The Hall–Kier alpha value is -3.30. The van der Waals surface area contributed by atoms with Gasteiger partial charge in [-0.15, -0.1) is 0 Å². The van der Waals surface area contributed by atoms with Crippen molar-refractivity contribution < 1.29 is 14.3 Å². The first-order valence-corrected chi connectivity index (χ1v) is 16.8. The minimum absolute atomic E-state index is 0.0682. The molecule has 9 nitrogen and oxygen atoms in total. The maximum Gasteiger partial charge on any atom is 0.410 e. The van der Waals surface area contributed by atoms with Crippen LogP contribution in [-0.2, 0) is 17.7 Å². The SMILES string of the molecule is C[C@H]1C[C@@H]2CN(c3nc(OC[C@@H]4CCCN4C)nc4c3CCN(c3cccc5cccc(Cl)c35)C4)C[C@H]1N2C(=O)OC(C)(C)C. The van der Waals surface area contributed by atoms with E-state index in [1.807, 2.05) is 37.8 Å². The van der Waals surface area contributed by atoms with Crippen LogP contribution in [-0.4, -0.2) is 89.4 Å². The Bertz CT molecular complexity index is 1590. The van der Waals surface area contributed by atoms with E-state index >= 15 is 0 Å². The molecule has 0 radical (unpaired) electrons. The summed E-state index contributed by atoms with van der Waals surface area (Å²) in [6, 6.07) is 13.4. The Balaban J connectivity index is 1.21. The van der Waals surface area contributed by atoms with Gasteiger partial charge in [-0.3, -0.25) is 4.90 Å². The van der Waals surface area contributed by atoms with Crippen LogP contribution in [0.5, 0.6) is 6.01 Å². The zero-order valence-corrected chi connectivity index (χ0v) is 27.9. The Morgan fingerprint density at radius 2 is 1.87 bits per heavy atom. The van der Waals surface area contributed by atoms with Crippen molar-refractivity contribution in [3.05, 3.63) is 52.7 Å². The van der Waals surface area contributed by atoms with E-state index < -0.39 is 5.60 Å². The largest absolute Gasteiger partial charge is 0.462 e. The second-order valence-corrected chi connectivity index (χ2v) is 14.8. The Morgan fingerprint density at radius 1 is 1.07 bits per heavy atom. The molecule has 2 bridgehead atoms. The van der Waals surface area contributed by atoms with Crippen LogP contribution in [0.3, 0.4) is 0 Å². The molecule has 0 unspecified atom stereocenters. The second-order valence-electron chi connectivity index (χ2n) is 14.4. The van der Waals surface area contributed by atoms with E-state index in [4.69, 9.17) is 31.0 Å². The van der Waals surface area contributed by atoms with Crippen molar-refractivity contribution in [2.24, 2.45) is 5.92 Å². The van der Waals surface area contributed by atoms with Crippen LogP contribution in [0.1, 0.15) is 58.2 Å². The molecule has 0 spiro atoms. The third kappa shape index (κ3) is 5.89. The number of hydrogen-bond acceptors (Lipinski definition) is 8. The summed E-state index contributed by atoms with van der Waals surface area (Å²) in [6.07, 6.45) is 3.87. The Kier molecular flexibility index (Phi) is 7.97. The van der Waals surface area contributed by atoms with E-state index in [0.717, 1.165) is 71.9 Å². The third-order valence-electron chi connectivity index (χ3n) is 10.1. The first kappa shape index (κ1) is 30.4. The number of nitrogens with zero attached hydrogens (tertiary/aromatic N) is 6. The van der Waals surface area contributed by atoms with E-state index in [2.05, 4.69) is 52.9 Å². The predicted octanol–water partition coefficient (Wildman–Crippen LogP) is 6.15. The molecule has 10 heteroatoms. The quantitative estimate of drug-likeness (QED) is 0.332. The van der Waals surface area contributed by atoms with Gasteiger partial charge in [0.15, 0.2) is 0 Å². The van der Waals surface area contributed by atoms with E-state index in [1.165, 1.54) is 12.0 Å². The summed E-state index contributed by atoms with van der Waals surface area (Å²) < 4.78 is 12.2. The molecule has 2 aromatic carbocycles. The second kappa shape index (κ2) is 11.8. The molecule has 0 aliphatic carbocycles. The molecule has 3 aromatic rings. The van der Waals surface area contributed by atoms with Gasteiger partial charge in [0.05, 0.1) is 29.3 Å². The van der Waals surface area contributed by atoms with Crippen molar-refractivity contribution in [1.82, 2.24) is 19.8 Å². The van der Waals surface area contributed by atoms with E-state index in [-0.39, 0.29) is 18.2 Å². The number of rotatable bonds is 5. The van der Waals surface area contributed by atoms with Gasteiger partial charge in [0.1, 0.15) is 18.0 Å². The van der Waals surface area contributed by atoms with Gasteiger partial charge in [-0.1, -0.05) is 42.8 Å². The lowest BCUT2D eigenvalue weighted by atomic mass is 10.0. The molecule has 1 amide bonds. The van der Waals surface area contributed by atoms with Crippen molar-refractivity contribution in [3.8, 4) is 6.01 Å². The van der Waals surface area contributed by atoms with E-state index in [0.29, 0.717) is 37.7 Å². The van der Waals surface area contributed by atoms with Crippen LogP contribution < -0.4 is 14.5 Å². The Morgan fingerprint density at radius 3 is 2.60 bits per heavy atom. The fourth-order valence-corrected chi connectivity index (χ4v) is 8.10. The molecule has 0 N–H and O–H groups in total. The minimum Gasteiger partial charge on any atom is -0.462 e. The van der Waals surface area contributed by atoms with Crippen molar-refractivity contribution in [2.75, 3.05) is 49.6 Å². The lowest BCUT2D eigenvalue weighted by molar-refractivity contribution is 0.0107. The zero-order chi connectivity index (χ0) is 31.5. The van der Waals surface area contributed by atoms with E-state index in [1.54, 1.807) is 0 Å². The summed E-state index contributed by atoms with van der Waals surface area (Å²) in [5.74, 6) is 1.34. The number of piperazine rings is 1. The zero-order valence-electron chi connectivity index (χ0n) is 27.1. The lowest BCUT2D eigenvalue weighted by Crippen LogP contribution is -2.58. The minimum atomic E-state index is -0.525. The summed E-state index contributed by atoms with van der Waals surface area (Å²) in [6.45, 7) is 12.6. The molecular weight excluding hydrogens is 588 g/mol. The van der Waals surface area contributed by atoms with Gasteiger partial charge in [0, 0.05) is 42.3 Å². The summed E-state index contributed by atoms with van der Waals surface area (Å²) in [5, 5.41) is 2.96. The van der Waals surface area contributed by atoms with Crippen molar-refractivity contribution in [2.45, 2.75) is 83.6 Å². The third-order valence-corrected chi connectivity index (χ3v) is 10.4. The normalized spacial score (nSPS) is 25.2. The van der Waals surface area contributed by atoms with Gasteiger partial charge in [0.25, 0.3) is 0 Å². The van der Waals surface area contributed by atoms with Crippen LogP contribution in [0.25, 0.3) is 10.8 Å². The number of carbonyl (C=O) groups excluding carboxylic acids is 1. The molecule has 1 aromatic heterocycles. The molecular formula is C35H45ClN6O3. The summed E-state index contributed by atoms with van der Waals surface area (Å²) in [4.78, 5) is 32.6. The Labute approximate surface area is 271 Å². The van der Waals surface area contributed by atoms with Gasteiger partial charge in [0.2, 0.25) is 0 Å². The summed E-state index contributed by atoms with van der Waals surface area (Å²) in [5.41, 5.74) is 2.78. The topological polar surface area (TPSA) is 74.3 Å². The standard InChI is InChI=1S/C35H45ClN6O3/c1-22-17-25-18-41(20-30(22)42(25)34(43)45-35(2,3)4)32-26-14-16-40(29-13-7-10-23-9-6-12-27(36)31(23)29)19-28(26)37-33(38-32)44-21-24-11-8-15-39(24)5/h6-7,9-10,12-13,22,24-25,30H,8,11,14-21H2,1-5H3/t22-,24-,25+,30+/m0/s1. The molecule has 3 fully saturated rings. The number of halogens is 1. The van der Waals surface area contributed by atoms with Gasteiger partial charge in [-0.2, -0.15) is 9.97 Å². The number of ether oxygens (including phenoxy) is 2. The highest BCUT2D eigenvalue weighted by atomic mass is 35.5. The van der Waals surface area contributed by atoms with Crippen LogP contribution in [0, 0.1) is 5.92 Å². The van der Waals surface area contributed by atoms with Crippen LogP contribution in [0.4, 0.5) is 16.3 Å². The number of hydrogen-bond donors (Lipinski definition) is 0. The molecule has 45 heavy (non-hydrogen) atoms. The molecule has 3 saturated heterocycles. The summed E-state index contributed by atoms with van der Waals surface area (Å²) >= 11 is 6.74. The molecule has 0 saturated carbocycles. The number of carbonyl (C=O) groups is 1. The van der Waals surface area contributed by atoms with Crippen molar-refractivity contribution in [3.63, 3.8) is 0 Å². The summed E-state index contributed by atoms with van der Waals surface area (Å²) in [7, 11) is 2.16. The van der Waals surface area contributed by atoms with Crippen LogP contribution >= 0.6 is 11.6 Å². The molecule has 5 heterocycles. The molecule has 4 aliphatic rings. The average Bonchev–Trinajstić information content (AvgIpc) is 3.50. The van der Waals surface area contributed by atoms with Gasteiger partial charge >= 0.3 is 12.1 Å². The van der Waals surface area contributed by atoms with Crippen molar-refractivity contribution >= 4 is 40.0 Å². The van der Waals surface area contributed by atoms with Crippen LogP contribution in [0.2, 0.25) is 5.02 Å². The first-order valence-electron chi connectivity index (χ1n) is 16.5. The van der Waals surface area contributed by atoms with Gasteiger partial charge < -0.3 is 24.2 Å². The number of fused-ring (bicyclic) bond motifs is 4. The maximum absolute atomic E-state index is 13.3. The lowest BCUT2D eigenvalue weighted by Gasteiger charge is -2.43. The van der Waals surface area contributed by atoms with Gasteiger partial charge in [-0.05, 0) is 83.5 Å². The first-order chi connectivity index (χ1) is 21.6.